The summed E-state index contributed by atoms with van der Waals surface area (Å²) < 4.78 is 5.06. The van der Waals surface area contributed by atoms with Gasteiger partial charge in [0.05, 0.1) is 12.8 Å². The van der Waals surface area contributed by atoms with Gasteiger partial charge in [0.1, 0.15) is 5.60 Å². The topological polar surface area (TPSA) is 80.7 Å². The fraction of sp³-hybridized carbons (Fsp3) is 0.727. The average Bonchev–Trinajstić information content (AvgIpc) is 2.11. The van der Waals surface area contributed by atoms with Gasteiger partial charge in [-0.2, -0.15) is 0 Å². The fourth-order valence-electron chi connectivity index (χ4n) is 0.922. The molecule has 0 heterocycles. The van der Waals surface area contributed by atoms with Crippen LogP contribution in [0.25, 0.3) is 0 Å². The van der Waals surface area contributed by atoms with Crippen molar-refractivity contribution in [3.63, 3.8) is 0 Å². The van der Waals surface area contributed by atoms with E-state index in [9.17, 15) is 14.4 Å². The Morgan fingerprint density at radius 3 is 2.18 bits per heavy atom. The van der Waals surface area contributed by atoms with Crippen LogP contribution in [0.15, 0.2) is 0 Å². The number of carbonyl (C=O) groups is 3. The SMILES string of the molecule is CC(C)(C)OC(=O)CCSC(=O)CCC(=O)O. The molecule has 0 rings (SSSR count). The molecule has 0 aromatic rings. The minimum absolute atomic E-state index is 0.00564. The lowest BCUT2D eigenvalue weighted by molar-refractivity contribution is -0.154. The van der Waals surface area contributed by atoms with Crippen molar-refractivity contribution in [2.24, 2.45) is 0 Å². The summed E-state index contributed by atoms with van der Waals surface area (Å²) in [7, 11) is 0. The number of carboxylic acids is 1. The summed E-state index contributed by atoms with van der Waals surface area (Å²) in [6.45, 7) is 5.32. The molecule has 5 nitrogen and oxygen atoms in total. The van der Waals surface area contributed by atoms with E-state index in [4.69, 9.17) is 9.84 Å². The number of thioether (sulfide) groups is 1. The Labute approximate surface area is 105 Å². The quantitative estimate of drug-likeness (QED) is 0.736. The lowest BCUT2D eigenvalue weighted by atomic mass is 10.2. The van der Waals surface area contributed by atoms with Gasteiger partial charge in [0.15, 0.2) is 5.12 Å². The van der Waals surface area contributed by atoms with Crippen molar-refractivity contribution in [1.82, 2.24) is 0 Å². The minimum atomic E-state index is -0.994. The molecule has 1 N–H and O–H groups in total. The average molecular weight is 262 g/mol. The van der Waals surface area contributed by atoms with Crippen LogP contribution in [0.4, 0.5) is 0 Å². The molecule has 0 aliphatic heterocycles. The normalized spacial score (nSPS) is 11.0. The van der Waals surface area contributed by atoms with E-state index in [0.717, 1.165) is 11.8 Å². The van der Waals surface area contributed by atoms with Gasteiger partial charge in [-0.25, -0.2) is 0 Å². The van der Waals surface area contributed by atoms with Crippen LogP contribution in [-0.2, 0) is 19.1 Å². The number of carbonyl (C=O) groups excluding carboxylic acids is 2. The molecule has 0 aromatic heterocycles. The molecule has 0 unspecified atom stereocenters. The van der Waals surface area contributed by atoms with Crippen molar-refractivity contribution < 1.29 is 24.2 Å². The van der Waals surface area contributed by atoms with Crippen LogP contribution in [0.5, 0.6) is 0 Å². The molecule has 98 valence electrons. The second-order valence-corrected chi connectivity index (χ2v) is 5.60. The van der Waals surface area contributed by atoms with Gasteiger partial charge >= 0.3 is 11.9 Å². The first kappa shape index (κ1) is 16.0. The van der Waals surface area contributed by atoms with Gasteiger partial charge in [0.25, 0.3) is 0 Å². The first-order chi connectivity index (χ1) is 7.70. The molecule has 0 atom stereocenters. The lowest BCUT2D eigenvalue weighted by Gasteiger charge is -2.19. The number of carboxylic acid groups (broad SMARTS) is 1. The standard InChI is InChI=1S/C11H18O5S/c1-11(2,3)16-9(14)6-7-17-10(15)5-4-8(12)13/h4-7H2,1-3H3,(H,12,13). The zero-order chi connectivity index (χ0) is 13.5. The molecule has 0 radical (unpaired) electrons. The van der Waals surface area contributed by atoms with Gasteiger partial charge in [0, 0.05) is 12.2 Å². The minimum Gasteiger partial charge on any atom is -0.481 e. The Morgan fingerprint density at radius 1 is 1.12 bits per heavy atom. The van der Waals surface area contributed by atoms with E-state index >= 15 is 0 Å². The predicted octanol–water partition coefficient (Wildman–Crippen LogP) is 1.84. The first-order valence-electron chi connectivity index (χ1n) is 5.30. The van der Waals surface area contributed by atoms with Crippen LogP contribution in [0, 0.1) is 0 Å². The molecule has 0 spiro atoms. The molecule has 0 bridgehead atoms. The molecule has 0 saturated carbocycles. The van der Waals surface area contributed by atoms with Gasteiger partial charge in [0.2, 0.25) is 0 Å². The van der Waals surface area contributed by atoms with E-state index in [1.165, 1.54) is 0 Å². The molecular weight excluding hydrogens is 244 g/mol. The van der Waals surface area contributed by atoms with Gasteiger partial charge in [-0.05, 0) is 20.8 Å². The zero-order valence-electron chi connectivity index (χ0n) is 10.3. The predicted molar refractivity (Wildman–Crippen MR) is 64.8 cm³/mol. The summed E-state index contributed by atoms with van der Waals surface area (Å²) in [5.74, 6) is -1.02. The monoisotopic (exact) mass is 262 g/mol. The molecule has 17 heavy (non-hydrogen) atoms. The highest BCUT2D eigenvalue weighted by Gasteiger charge is 2.16. The van der Waals surface area contributed by atoms with Gasteiger partial charge in [-0.1, -0.05) is 11.8 Å². The maximum absolute atomic E-state index is 11.3. The second-order valence-electron chi connectivity index (χ2n) is 4.45. The molecule has 0 saturated heterocycles. The van der Waals surface area contributed by atoms with Crippen molar-refractivity contribution in [3.8, 4) is 0 Å². The summed E-state index contributed by atoms with van der Waals surface area (Å²) in [6, 6.07) is 0. The van der Waals surface area contributed by atoms with Gasteiger partial charge < -0.3 is 9.84 Å². The summed E-state index contributed by atoms with van der Waals surface area (Å²) in [4.78, 5) is 32.6. The Morgan fingerprint density at radius 2 is 1.71 bits per heavy atom. The molecule has 0 aliphatic carbocycles. The smallest absolute Gasteiger partial charge is 0.307 e. The number of aliphatic carboxylic acids is 1. The molecule has 0 aliphatic rings. The third kappa shape index (κ3) is 11.2. The second kappa shape index (κ2) is 7.32. The fourth-order valence-corrected chi connectivity index (χ4v) is 1.66. The molecule has 0 aromatic carbocycles. The van der Waals surface area contributed by atoms with E-state index < -0.39 is 11.6 Å². The molecule has 0 amide bonds. The summed E-state index contributed by atoms with van der Waals surface area (Å²) in [5.41, 5.74) is -0.519. The van der Waals surface area contributed by atoms with E-state index in [0.29, 0.717) is 5.75 Å². The lowest BCUT2D eigenvalue weighted by Crippen LogP contribution is -2.24. The summed E-state index contributed by atoms with van der Waals surface area (Å²) >= 11 is 0.970. The first-order valence-corrected chi connectivity index (χ1v) is 6.28. The van der Waals surface area contributed by atoms with Crippen molar-refractivity contribution in [3.05, 3.63) is 0 Å². The largest absolute Gasteiger partial charge is 0.481 e. The molecule has 0 fully saturated rings. The van der Waals surface area contributed by atoms with Crippen LogP contribution in [0.3, 0.4) is 0 Å². The van der Waals surface area contributed by atoms with Crippen molar-refractivity contribution in [1.29, 1.82) is 0 Å². The summed E-state index contributed by atoms with van der Waals surface area (Å²) in [6.07, 6.45) is -0.0205. The van der Waals surface area contributed by atoms with Crippen LogP contribution >= 0.6 is 11.8 Å². The van der Waals surface area contributed by atoms with Gasteiger partial charge in [-0.3, -0.25) is 14.4 Å². The maximum atomic E-state index is 11.3. The van der Waals surface area contributed by atoms with E-state index in [1.54, 1.807) is 20.8 Å². The van der Waals surface area contributed by atoms with Crippen molar-refractivity contribution in [2.75, 3.05) is 5.75 Å². The number of hydrogen-bond donors (Lipinski definition) is 1. The number of ether oxygens (including phenoxy) is 1. The Bertz CT molecular complexity index is 293. The summed E-state index contributed by atoms with van der Waals surface area (Å²) in [5, 5.41) is 8.16. The van der Waals surface area contributed by atoms with Crippen molar-refractivity contribution in [2.45, 2.75) is 45.6 Å². The zero-order valence-corrected chi connectivity index (χ0v) is 11.1. The van der Waals surface area contributed by atoms with Crippen LogP contribution in [-0.4, -0.2) is 33.5 Å². The third-order valence-electron chi connectivity index (χ3n) is 1.53. The molecule has 6 heteroatoms. The van der Waals surface area contributed by atoms with E-state index in [2.05, 4.69) is 0 Å². The number of hydrogen-bond acceptors (Lipinski definition) is 5. The Hall–Kier alpha value is -1.04. The number of esters is 1. The Balaban J connectivity index is 3.66. The number of rotatable bonds is 6. The highest BCUT2D eigenvalue weighted by molar-refractivity contribution is 8.13. The third-order valence-corrected chi connectivity index (χ3v) is 2.47. The highest BCUT2D eigenvalue weighted by Crippen LogP contribution is 2.12. The highest BCUT2D eigenvalue weighted by atomic mass is 32.2. The maximum Gasteiger partial charge on any atom is 0.307 e. The van der Waals surface area contributed by atoms with Gasteiger partial charge in [-0.15, -0.1) is 0 Å². The van der Waals surface area contributed by atoms with Crippen LogP contribution in [0.1, 0.15) is 40.0 Å². The van der Waals surface area contributed by atoms with E-state index in [1.807, 2.05) is 0 Å². The van der Waals surface area contributed by atoms with Crippen LogP contribution < -0.4 is 0 Å². The van der Waals surface area contributed by atoms with Crippen molar-refractivity contribution >= 4 is 28.8 Å². The van der Waals surface area contributed by atoms with Crippen LogP contribution in [0.2, 0.25) is 0 Å². The molecular formula is C11H18O5S. The Kier molecular flexibility index (Phi) is 6.87. The van der Waals surface area contributed by atoms with E-state index in [-0.39, 0.29) is 30.3 Å².